The van der Waals surface area contributed by atoms with Gasteiger partial charge in [-0.1, -0.05) is 6.07 Å². The van der Waals surface area contributed by atoms with Crippen molar-refractivity contribution in [3.8, 4) is 11.5 Å². The number of ether oxygens (including phenoxy) is 1. The number of anilines is 1. The molecule has 1 amide bonds. The smallest absolute Gasteiger partial charge is 0.229 e. The Hall–Kier alpha value is -3.52. The Morgan fingerprint density at radius 3 is 2.68 bits per heavy atom. The van der Waals surface area contributed by atoms with Gasteiger partial charge < -0.3 is 20.2 Å². The number of oxazole rings is 1. The molecule has 1 aromatic carbocycles. The van der Waals surface area contributed by atoms with Crippen LogP contribution in [0.3, 0.4) is 0 Å². The van der Waals surface area contributed by atoms with Crippen molar-refractivity contribution in [3.63, 3.8) is 0 Å². The summed E-state index contributed by atoms with van der Waals surface area (Å²) in [6.07, 6.45) is 4.92. The molecule has 31 heavy (non-hydrogen) atoms. The SMILES string of the molecule is CNc1ncc(-c2nc3cc(C4COC4)ccc3o2)c2cc(C3(C(N)=O)CC3)ncc12. The quantitative estimate of drug-likeness (QED) is 0.514. The molecule has 2 aliphatic rings. The Morgan fingerprint density at radius 2 is 2.00 bits per heavy atom. The van der Waals surface area contributed by atoms with Crippen molar-refractivity contribution >= 4 is 33.6 Å². The Kier molecular flexibility index (Phi) is 3.82. The van der Waals surface area contributed by atoms with E-state index in [0.29, 0.717) is 23.3 Å². The molecule has 8 nitrogen and oxygen atoms in total. The Labute approximate surface area is 177 Å². The number of hydrogen-bond acceptors (Lipinski definition) is 7. The average molecular weight is 415 g/mol. The molecule has 2 fully saturated rings. The van der Waals surface area contributed by atoms with Gasteiger partial charge in [-0.15, -0.1) is 0 Å². The summed E-state index contributed by atoms with van der Waals surface area (Å²) in [5.74, 6) is 1.26. The molecule has 3 aromatic heterocycles. The number of carbonyl (C=O) groups excluding carboxylic acids is 1. The molecular formula is C23H21N5O3. The first kappa shape index (κ1) is 18.3. The molecule has 8 heteroatoms. The summed E-state index contributed by atoms with van der Waals surface area (Å²) >= 11 is 0. The number of benzene rings is 1. The third-order valence-corrected chi connectivity index (χ3v) is 6.47. The number of amides is 1. The van der Waals surface area contributed by atoms with Crippen molar-refractivity contribution in [1.82, 2.24) is 15.0 Å². The van der Waals surface area contributed by atoms with E-state index in [0.717, 1.165) is 53.5 Å². The summed E-state index contributed by atoms with van der Waals surface area (Å²) in [5.41, 5.74) is 9.17. The number of fused-ring (bicyclic) bond motifs is 2. The fourth-order valence-corrected chi connectivity index (χ4v) is 4.26. The normalized spacial score (nSPS) is 17.6. The van der Waals surface area contributed by atoms with Crippen LogP contribution in [0.1, 0.15) is 30.0 Å². The molecule has 0 radical (unpaired) electrons. The minimum Gasteiger partial charge on any atom is -0.436 e. The highest BCUT2D eigenvalue weighted by Crippen LogP contribution is 2.48. The average Bonchev–Trinajstić information content (AvgIpc) is 3.45. The molecule has 1 saturated carbocycles. The lowest BCUT2D eigenvalue weighted by Gasteiger charge is -2.26. The summed E-state index contributed by atoms with van der Waals surface area (Å²) < 4.78 is 11.4. The minimum atomic E-state index is -0.671. The van der Waals surface area contributed by atoms with E-state index in [4.69, 9.17) is 19.9 Å². The predicted octanol–water partition coefficient (Wildman–Crippen LogP) is 3.11. The van der Waals surface area contributed by atoms with Crippen molar-refractivity contribution < 1.29 is 13.9 Å². The van der Waals surface area contributed by atoms with Gasteiger partial charge in [-0.05, 0) is 36.6 Å². The van der Waals surface area contributed by atoms with Crippen LogP contribution in [0.5, 0.6) is 0 Å². The lowest BCUT2D eigenvalue weighted by Crippen LogP contribution is -2.29. The fourth-order valence-electron chi connectivity index (χ4n) is 4.26. The summed E-state index contributed by atoms with van der Waals surface area (Å²) in [7, 11) is 1.81. The highest BCUT2D eigenvalue weighted by atomic mass is 16.5. The minimum absolute atomic E-state index is 0.335. The molecule has 0 atom stereocenters. The maximum absolute atomic E-state index is 12.0. The van der Waals surface area contributed by atoms with Gasteiger partial charge in [-0.3, -0.25) is 9.78 Å². The van der Waals surface area contributed by atoms with Crippen molar-refractivity contribution in [2.45, 2.75) is 24.2 Å². The van der Waals surface area contributed by atoms with E-state index >= 15 is 0 Å². The molecule has 1 aliphatic heterocycles. The molecule has 0 spiro atoms. The van der Waals surface area contributed by atoms with E-state index < -0.39 is 5.41 Å². The topological polar surface area (TPSA) is 116 Å². The van der Waals surface area contributed by atoms with E-state index in [9.17, 15) is 4.79 Å². The number of pyridine rings is 2. The Balaban J connectivity index is 1.52. The summed E-state index contributed by atoms with van der Waals surface area (Å²) in [6, 6.07) is 8.01. The maximum Gasteiger partial charge on any atom is 0.229 e. The first-order chi connectivity index (χ1) is 15.1. The molecule has 1 saturated heterocycles. The number of hydrogen-bond donors (Lipinski definition) is 2. The lowest BCUT2D eigenvalue weighted by atomic mass is 9.97. The molecular weight excluding hydrogens is 394 g/mol. The highest BCUT2D eigenvalue weighted by molar-refractivity contribution is 6.01. The molecule has 156 valence electrons. The number of rotatable bonds is 5. The maximum atomic E-state index is 12.0. The van der Waals surface area contributed by atoms with Crippen LogP contribution in [0.25, 0.3) is 33.3 Å². The van der Waals surface area contributed by atoms with E-state index in [1.807, 2.05) is 19.2 Å². The third kappa shape index (κ3) is 2.71. The van der Waals surface area contributed by atoms with Crippen molar-refractivity contribution in [2.75, 3.05) is 25.6 Å². The third-order valence-electron chi connectivity index (χ3n) is 6.47. The van der Waals surface area contributed by atoms with Gasteiger partial charge in [0.2, 0.25) is 11.8 Å². The van der Waals surface area contributed by atoms with Crippen LogP contribution in [-0.2, 0) is 14.9 Å². The van der Waals surface area contributed by atoms with Gasteiger partial charge in [0.25, 0.3) is 0 Å². The van der Waals surface area contributed by atoms with E-state index in [1.54, 1.807) is 12.4 Å². The first-order valence-electron chi connectivity index (χ1n) is 10.3. The van der Waals surface area contributed by atoms with Gasteiger partial charge in [-0.2, -0.15) is 0 Å². The number of nitrogens with one attached hydrogen (secondary N) is 1. The number of nitrogens with zero attached hydrogens (tertiary/aromatic N) is 3. The Morgan fingerprint density at radius 1 is 1.16 bits per heavy atom. The van der Waals surface area contributed by atoms with Crippen LogP contribution >= 0.6 is 0 Å². The van der Waals surface area contributed by atoms with Crippen LogP contribution in [0.2, 0.25) is 0 Å². The van der Waals surface area contributed by atoms with E-state index in [1.165, 1.54) is 5.56 Å². The lowest BCUT2D eigenvalue weighted by molar-refractivity contribution is -0.120. The number of aromatic nitrogens is 3. The molecule has 0 bridgehead atoms. The predicted molar refractivity (Wildman–Crippen MR) is 116 cm³/mol. The summed E-state index contributed by atoms with van der Waals surface area (Å²) in [6.45, 7) is 1.49. The van der Waals surface area contributed by atoms with E-state index in [-0.39, 0.29) is 5.91 Å². The molecule has 6 rings (SSSR count). The van der Waals surface area contributed by atoms with Crippen LogP contribution in [-0.4, -0.2) is 41.1 Å². The van der Waals surface area contributed by atoms with Crippen LogP contribution in [0, 0.1) is 0 Å². The van der Waals surface area contributed by atoms with Crippen LogP contribution in [0.15, 0.2) is 41.1 Å². The van der Waals surface area contributed by atoms with Gasteiger partial charge in [-0.25, -0.2) is 9.97 Å². The largest absolute Gasteiger partial charge is 0.436 e. The van der Waals surface area contributed by atoms with Gasteiger partial charge in [0.05, 0.1) is 29.9 Å². The van der Waals surface area contributed by atoms with Gasteiger partial charge in [0.15, 0.2) is 5.58 Å². The van der Waals surface area contributed by atoms with Gasteiger partial charge in [0.1, 0.15) is 11.3 Å². The standard InChI is InChI=1S/C23H21N5O3/c1-25-20-15-8-26-19(23(4-5-23)22(24)29)7-14(15)16(9-27-20)21-28-17-6-12(13-10-30-11-13)2-3-18(17)31-21/h2-3,6-9,13H,4-5,10-11H2,1H3,(H2,24,29)(H,25,27). The van der Waals surface area contributed by atoms with Gasteiger partial charge >= 0.3 is 0 Å². The fraction of sp³-hybridized carbons (Fsp3) is 0.304. The monoisotopic (exact) mass is 415 g/mol. The van der Waals surface area contributed by atoms with E-state index in [2.05, 4.69) is 27.4 Å². The zero-order chi connectivity index (χ0) is 21.2. The molecule has 1 aliphatic carbocycles. The zero-order valence-corrected chi connectivity index (χ0v) is 17.0. The molecule has 3 N–H and O–H groups in total. The number of carbonyl (C=O) groups is 1. The van der Waals surface area contributed by atoms with Crippen molar-refractivity contribution in [2.24, 2.45) is 5.73 Å². The van der Waals surface area contributed by atoms with Crippen molar-refractivity contribution in [3.05, 3.63) is 47.9 Å². The van der Waals surface area contributed by atoms with Gasteiger partial charge in [0, 0.05) is 36.1 Å². The summed E-state index contributed by atoms with van der Waals surface area (Å²) in [5, 5.41) is 4.80. The second-order valence-electron chi connectivity index (χ2n) is 8.31. The van der Waals surface area contributed by atoms with Crippen LogP contribution in [0.4, 0.5) is 5.82 Å². The molecule has 4 heterocycles. The second-order valence-corrected chi connectivity index (χ2v) is 8.31. The molecule has 4 aromatic rings. The summed E-state index contributed by atoms with van der Waals surface area (Å²) in [4.78, 5) is 25.9. The van der Waals surface area contributed by atoms with Crippen LogP contribution < -0.4 is 11.1 Å². The highest BCUT2D eigenvalue weighted by Gasteiger charge is 2.51. The first-order valence-corrected chi connectivity index (χ1v) is 10.3. The second kappa shape index (κ2) is 6.49. The number of primary amides is 1. The zero-order valence-electron chi connectivity index (χ0n) is 17.0. The number of nitrogens with two attached hydrogens (primary N) is 1. The van der Waals surface area contributed by atoms with Crippen molar-refractivity contribution in [1.29, 1.82) is 0 Å². The molecule has 0 unspecified atom stereocenters. The Bertz CT molecular complexity index is 1350.